The number of hydrogen-bond acceptors (Lipinski definition) is 3. The van der Waals surface area contributed by atoms with E-state index in [1.54, 1.807) is 0 Å². The van der Waals surface area contributed by atoms with Crippen LogP contribution in [0.5, 0.6) is 0 Å². The van der Waals surface area contributed by atoms with E-state index in [-0.39, 0.29) is 0 Å². The topological polar surface area (TPSA) is 63.6 Å². The van der Waals surface area contributed by atoms with Gasteiger partial charge in [-0.05, 0) is 6.82 Å². The van der Waals surface area contributed by atoms with E-state index < -0.39 is 19.1 Å². The lowest BCUT2D eigenvalue weighted by Gasteiger charge is -1.95. The average molecular weight is 134 g/mol. The summed E-state index contributed by atoms with van der Waals surface area (Å²) < 4.78 is 15.2. The first kappa shape index (κ1) is 7.93. The molecule has 0 rings (SSSR count). The van der Waals surface area contributed by atoms with Crippen molar-refractivity contribution in [3.05, 3.63) is 0 Å². The highest BCUT2D eigenvalue weighted by Crippen LogP contribution is 1.86. The Morgan fingerprint density at radius 2 is 2.11 bits per heavy atom. The molecule has 0 saturated heterocycles. The Hall–Kier alpha value is -1.07. The Kier molecular flexibility index (Phi) is 2.70. The lowest BCUT2D eigenvalue weighted by atomic mass is 10.0. The van der Waals surface area contributed by atoms with E-state index in [0.717, 1.165) is 6.82 Å². The molecule has 0 bridgehead atoms. The molecule has 0 aliphatic heterocycles. The van der Waals surface area contributed by atoms with Gasteiger partial charge in [0.1, 0.15) is 0 Å². The molecule has 0 aliphatic rings. The van der Waals surface area contributed by atoms with Crippen molar-refractivity contribution in [2.75, 3.05) is 0 Å². The zero-order chi connectivity index (χ0) is 7.44. The Labute approximate surface area is 50.8 Å². The van der Waals surface area contributed by atoms with Crippen molar-refractivity contribution in [3.63, 3.8) is 0 Å². The third kappa shape index (κ3) is 3.51. The van der Waals surface area contributed by atoms with E-state index in [0.29, 0.717) is 0 Å². The van der Waals surface area contributed by atoms with E-state index in [1.165, 1.54) is 0 Å². The van der Waals surface area contributed by atoms with Gasteiger partial charge >= 0.3 is 19.1 Å². The summed E-state index contributed by atoms with van der Waals surface area (Å²) in [4.78, 5) is 19.5. The second kappa shape index (κ2) is 3.06. The van der Waals surface area contributed by atoms with Crippen molar-refractivity contribution < 1.29 is 23.7 Å². The Morgan fingerprint density at radius 1 is 1.67 bits per heavy atom. The summed E-state index contributed by atoms with van der Waals surface area (Å²) in [6.07, 6.45) is 0. The second-order valence-electron chi connectivity index (χ2n) is 1.25. The maximum Gasteiger partial charge on any atom is 0.563 e. The van der Waals surface area contributed by atoms with Gasteiger partial charge < -0.3 is 9.76 Å². The number of carboxylic acids is 1. The fraction of sp³-hybridized carbons (Fsp3) is 0.333. The van der Waals surface area contributed by atoms with Gasteiger partial charge in [-0.3, -0.25) is 4.32 Å². The van der Waals surface area contributed by atoms with Gasteiger partial charge in [0.25, 0.3) is 0 Å². The van der Waals surface area contributed by atoms with Gasteiger partial charge in [0.05, 0.1) is 0 Å². The van der Waals surface area contributed by atoms with Crippen molar-refractivity contribution in [3.8, 4) is 0 Å². The largest absolute Gasteiger partial charge is 0.563 e. The van der Waals surface area contributed by atoms with Crippen LogP contribution in [0.15, 0.2) is 0 Å². The van der Waals surface area contributed by atoms with Crippen LogP contribution in [0, 0.1) is 0 Å². The zero-order valence-electron chi connectivity index (χ0n) is 4.63. The van der Waals surface area contributed by atoms with E-state index in [1.807, 2.05) is 0 Å². The van der Waals surface area contributed by atoms with Crippen molar-refractivity contribution in [1.82, 2.24) is 0 Å². The van der Waals surface area contributed by atoms with Crippen LogP contribution in [0.4, 0.5) is 4.32 Å². The number of carbonyl (C=O) groups is 2. The summed E-state index contributed by atoms with van der Waals surface area (Å²) in [5.74, 6) is -3.37. The van der Waals surface area contributed by atoms with Crippen LogP contribution in [0.1, 0.15) is 0 Å². The molecule has 6 heteroatoms. The van der Waals surface area contributed by atoms with Crippen LogP contribution >= 0.6 is 0 Å². The summed E-state index contributed by atoms with van der Waals surface area (Å²) in [6, 6.07) is 0. The Balaban J connectivity index is 3.65. The SMILES string of the molecule is CB(F)OC(=O)C(=O)O. The van der Waals surface area contributed by atoms with Gasteiger partial charge in [-0.25, -0.2) is 9.59 Å². The first-order valence-electron chi connectivity index (χ1n) is 2.12. The van der Waals surface area contributed by atoms with Crippen LogP contribution in [0.25, 0.3) is 0 Å². The Bertz CT molecular complexity index is 134. The number of rotatable bonds is 1. The van der Waals surface area contributed by atoms with Gasteiger partial charge in [-0.2, -0.15) is 0 Å². The molecular formula is C3H4BFO4. The van der Waals surface area contributed by atoms with Crippen molar-refractivity contribution in [1.29, 1.82) is 0 Å². The number of carboxylic acid groups (broad SMARTS) is 1. The third-order valence-corrected chi connectivity index (χ3v) is 0.444. The monoisotopic (exact) mass is 134 g/mol. The molecule has 0 aromatic rings. The lowest BCUT2D eigenvalue weighted by Crippen LogP contribution is -2.21. The van der Waals surface area contributed by atoms with Gasteiger partial charge in [-0.1, -0.05) is 0 Å². The molecule has 0 heterocycles. The minimum absolute atomic E-state index is 0.918. The maximum absolute atomic E-state index is 11.6. The zero-order valence-corrected chi connectivity index (χ0v) is 4.63. The van der Waals surface area contributed by atoms with Crippen LogP contribution in [0.2, 0.25) is 6.82 Å². The molecule has 9 heavy (non-hydrogen) atoms. The quantitative estimate of drug-likeness (QED) is 0.395. The average Bonchev–Trinajstić information content (AvgIpc) is 1.63. The van der Waals surface area contributed by atoms with E-state index in [9.17, 15) is 13.9 Å². The van der Waals surface area contributed by atoms with Gasteiger partial charge in [0.2, 0.25) is 0 Å². The fourth-order valence-corrected chi connectivity index (χ4v) is 0.198. The molecule has 0 amide bonds. The minimum Gasteiger partial charge on any atom is -0.498 e. The molecule has 0 unspecified atom stereocenters. The Morgan fingerprint density at radius 3 is 2.22 bits per heavy atom. The van der Waals surface area contributed by atoms with Crippen LogP contribution in [0.3, 0.4) is 0 Å². The van der Waals surface area contributed by atoms with Crippen LogP contribution in [-0.2, 0) is 14.2 Å². The predicted octanol–water partition coefficient (Wildman–Crippen LogP) is -0.298. The third-order valence-electron chi connectivity index (χ3n) is 0.444. The standard InChI is InChI=1S/C3H4BFO4/c1-4(5)9-3(8)2(6)7/h1H3,(H,6,7). The molecule has 0 aliphatic carbocycles. The van der Waals surface area contributed by atoms with Crippen LogP contribution in [-0.4, -0.2) is 24.2 Å². The van der Waals surface area contributed by atoms with Crippen molar-refractivity contribution >= 4 is 19.1 Å². The molecule has 0 fully saturated rings. The molecule has 0 saturated carbocycles. The highest BCUT2D eigenvalue weighted by atomic mass is 19.1. The minimum atomic E-state index is -1.87. The summed E-state index contributed by atoms with van der Waals surface area (Å²) in [5, 5.41) is 7.79. The van der Waals surface area contributed by atoms with Crippen molar-refractivity contribution in [2.45, 2.75) is 6.82 Å². The molecular weight excluding hydrogens is 130 g/mol. The number of aliphatic carboxylic acids is 1. The lowest BCUT2D eigenvalue weighted by molar-refractivity contribution is -0.158. The molecule has 1 N–H and O–H groups in total. The fourth-order valence-electron chi connectivity index (χ4n) is 0.198. The number of hydrogen-bond donors (Lipinski definition) is 1. The molecule has 50 valence electrons. The summed E-state index contributed by atoms with van der Waals surface area (Å²) in [6.45, 7) is 0.918. The van der Waals surface area contributed by atoms with E-state index in [4.69, 9.17) is 5.11 Å². The summed E-state index contributed by atoms with van der Waals surface area (Å²) >= 11 is 0. The van der Waals surface area contributed by atoms with E-state index in [2.05, 4.69) is 4.65 Å². The normalized spacial score (nSPS) is 8.22. The van der Waals surface area contributed by atoms with Gasteiger partial charge in [-0.15, -0.1) is 0 Å². The molecule has 0 spiro atoms. The number of halogens is 1. The first-order chi connectivity index (χ1) is 4.04. The molecule has 0 aromatic carbocycles. The molecule has 0 atom stereocenters. The highest BCUT2D eigenvalue weighted by molar-refractivity contribution is 6.48. The van der Waals surface area contributed by atoms with Crippen LogP contribution < -0.4 is 0 Å². The van der Waals surface area contributed by atoms with E-state index >= 15 is 0 Å². The molecule has 0 aromatic heterocycles. The summed E-state index contributed by atoms with van der Waals surface area (Å²) in [7, 11) is -1.87. The maximum atomic E-state index is 11.6. The van der Waals surface area contributed by atoms with Crippen molar-refractivity contribution in [2.24, 2.45) is 0 Å². The van der Waals surface area contributed by atoms with Gasteiger partial charge in [0.15, 0.2) is 0 Å². The molecule has 0 radical (unpaired) electrons. The first-order valence-corrected chi connectivity index (χ1v) is 2.12. The molecule has 4 nitrogen and oxygen atoms in total. The highest BCUT2D eigenvalue weighted by Gasteiger charge is 2.19. The second-order valence-corrected chi connectivity index (χ2v) is 1.25. The predicted molar refractivity (Wildman–Crippen MR) is 26.5 cm³/mol. The smallest absolute Gasteiger partial charge is 0.498 e. The number of carbonyl (C=O) groups excluding carboxylic acids is 1. The summed E-state index contributed by atoms with van der Waals surface area (Å²) in [5.41, 5.74) is 0. The van der Waals surface area contributed by atoms with Gasteiger partial charge in [0, 0.05) is 0 Å².